The van der Waals surface area contributed by atoms with Crippen LogP contribution in [0.5, 0.6) is 0 Å². The van der Waals surface area contributed by atoms with E-state index in [4.69, 9.17) is 60.2 Å². The van der Waals surface area contributed by atoms with Gasteiger partial charge >= 0.3 is 6.72 Å². The van der Waals surface area contributed by atoms with Gasteiger partial charge in [0.2, 0.25) is 0 Å². The van der Waals surface area contributed by atoms with Crippen LogP contribution in [0.4, 0.5) is 0 Å². The van der Waals surface area contributed by atoms with E-state index in [1.54, 1.807) is 18.2 Å². The number of hydrogen-bond acceptors (Lipinski definition) is 4. The largest absolute Gasteiger partial charge is 0.422 e. The fraction of sp³-hybridized carbons (Fsp3) is 0.200. The fourth-order valence-electron chi connectivity index (χ4n) is 1.09. The average molecular weight is 348 g/mol. The van der Waals surface area contributed by atoms with Crippen LogP contribution < -0.4 is 0 Å². The summed E-state index contributed by atoms with van der Waals surface area (Å²) in [6, 6.07) is 4.91. The molecule has 1 aromatic carbocycles. The topological polar surface area (TPSA) is 27.7 Å². The molecular formula is C10H10Cl3O3PS. The molecule has 0 bridgehead atoms. The van der Waals surface area contributed by atoms with Gasteiger partial charge in [-0.2, -0.15) is 0 Å². The van der Waals surface area contributed by atoms with E-state index in [9.17, 15) is 0 Å². The van der Waals surface area contributed by atoms with Crippen LogP contribution in [0.3, 0.4) is 0 Å². The van der Waals surface area contributed by atoms with E-state index >= 15 is 0 Å². The van der Waals surface area contributed by atoms with Gasteiger partial charge in [-0.05, 0) is 18.2 Å². The van der Waals surface area contributed by atoms with Crippen molar-refractivity contribution in [2.75, 3.05) is 14.2 Å². The minimum Gasteiger partial charge on any atom is -0.422 e. The predicted octanol–water partition coefficient (Wildman–Crippen LogP) is 5.06. The van der Waals surface area contributed by atoms with E-state index in [0.717, 1.165) is 0 Å². The molecule has 0 fully saturated rings. The molecule has 0 aliphatic heterocycles. The van der Waals surface area contributed by atoms with Crippen LogP contribution in [0.1, 0.15) is 5.56 Å². The number of benzene rings is 1. The van der Waals surface area contributed by atoms with E-state index < -0.39 is 6.72 Å². The van der Waals surface area contributed by atoms with Crippen LogP contribution in [-0.4, -0.2) is 14.2 Å². The maximum absolute atomic E-state index is 6.05. The molecule has 18 heavy (non-hydrogen) atoms. The van der Waals surface area contributed by atoms with Crippen molar-refractivity contribution in [3.63, 3.8) is 0 Å². The number of rotatable bonds is 5. The first-order valence-corrected chi connectivity index (χ1v) is 8.37. The Bertz CT molecular complexity index is 499. The summed E-state index contributed by atoms with van der Waals surface area (Å²) in [6.45, 7) is -2.86. The molecule has 100 valence electrons. The molecule has 1 aromatic rings. The Kier molecular flexibility index (Phi) is 6.42. The van der Waals surface area contributed by atoms with Gasteiger partial charge in [0.05, 0.1) is 5.02 Å². The number of halogens is 3. The van der Waals surface area contributed by atoms with Crippen molar-refractivity contribution in [3.8, 4) is 0 Å². The Labute approximate surface area is 126 Å². The zero-order chi connectivity index (χ0) is 13.8. The van der Waals surface area contributed by atoms with Crippen LogP contribution in [0.25, 0.3) is 5.76 Å². The molecule has 0 aromatic heterocycles. The van der Waals surface area contributed by atoms with Crippen molar-refractivity contribution in [1.82, 2.24) is 0 Å². The highest BCUT2D eigenvalue weighted by atomic mass is 35.5. The first-order valence-electron chi connectivity index (χ1n) is 4.62. The van der Waals surface area contributed by atoms with Crippen molar-refractivity contribution < 1.29 is 13.6 Å². The lowest BCUT2D eigenvalue weighted by atomic mass is 10.2. The Morgan fingerprint density at radius 2 is 1.89 bits per heavy atom. The molecule has 0 amide bonds. The highest BCUT2D eigenvalue weighted by Crippen LogP contribution is 2.52. The zero-order valence-electron chi connectivity index (χ0n) is 9.52. The third-order valence-electron chi connectivity index (χ3n) is 1.95. The third-order valence-corrected chi connectivity index (χ3v) is 5.13. The smallest absolute Gasteiger partial charge is 0.380 e. The van der Waals surface area contributed by atoms with Gasteiger partial charge in [-0.25, -0.2) is 0 Å². The van der Waals surface area contributed by atoms with E-state index in [-0.39, 0.29) is 5.76 Å². The molecule has 0 aliphatic rings. The summed E-state index contributed by atoms with van der Waals surface area (Å²) in [4.78, 5) is 0. The quantitative estimate of drug-likeness (QED) is 0.549. The van der Waals surface area contributed by atoms with Crippen molar-refractivity contribution in [3.05, 3.63) is 39.3 Å². The first-order chi connectivity index (χ1) is 8.45. The summed E-state index contributed by atoms with van der Waals surface area (Å²) in [7, 11) is 2.80. The van der Waals surface area contributed by atoms with Gasteiger partial charge in [-0.1, -0.05) is 34.8 Å². The van der Waals surface area contributed by atoms with Gasteiger partial charge in [-0.3, -0.25) is 0 Å². The highest BCUT2D eigenvalue weighted by Gasteiger charge is 2.21. The lowest BCUT2D eigenvalue weighted by Gasteiger charge is -2.20. The third kappa shape index (κ3) is 4.10. The van der Waals surface area contributed by atoms with Crippen LogP contribution in [0, 0.1) is 0 Å². The summed E-state index contributed by atoms with van der Waals surface area (Å²) in [5, 5.41) is 0.902. The van der Waals surface area contributed by atoms with Gasteiger partial charge in [0.1, 0.15) is 5.76 Å². The Hall–Kier alpha value is 0.200. The maximum Gasteiger partial charge on any atom is 0.380 e. The van der Waals surface area contributed by atoms with E-state index in [0.29, 0.717) is 15.6 Å². The van der Waals surface area contributed by atoms with Gasteiger partial charge in [-0.15, -0.1) is 0 Å². The van der Waals surface area contributed by atoms with Gasteiger partial charge in [0.15, 0.2) is 0 Å². The van der Waals surface area contributed by atoms with Crippen LogP contribution in [0.15, 0.2) is 23.7 Å². The summed E-state index contributed by atoms with van der Waals surface area (Å²) < 4.78 is 15.5. The lowest BCUT2D eigenvalue weighted by molar-refractivity contribution is 0.262. The molecular weight excluding hydrogens is 338 g/mol. The predicted molar refractivity (Wildman–Crippen MR) is 79.7 cm³/mol. The molecule has 0 N–H and O–H groups in total. The molecule has 0 saturated heterocycles. The van der Waals surface area contributed by atoms with Crippen LogP contribution in [0.2, 0.25) is 10.0 Å². The minimum atomic E-state index is -2.86. The van der Waals surface area contributed by atoms with Crippen molar-refractivity contribution in [2.45, 2.75) is 0 Å². The van der Waals surface area contributed by atoms with Gasteiger partial charge in [0, 0.05) is 42.1 Å². The monoisotopic (exact) mass is 346 g/mol. The molecule has 1 rings (SSSR count). The van der Waals surface area contributed by atoms with Crippen LogP contribution in [-0.2, 0) is 25.4 Å². The summed E-state index contributed by atoms with van der Waals surface area (Å²) >= 11 is 22.7. The summed E-state index contributed by atoms with van der Waals surface area (Å²) in [5.41, 5.74) is 1.77. The second-order valence-electron chi connectivity index (χ2n) is 3.00. The van der Waals surface area contributed by atoms with E-state index in [1.807, 2.05) is 0 Å². The Balaban J connectivity index is 3.09. The summed E-state index contributed by atoms with van der Waals surface area (Å²) in [6.07, 6.45) is 0. The second-order valence-corrected chi connectivity index (χ2v) is 7.21. The average Bonchev–Trinajstić information content (AvgIpc) is 2.36. The van der Waals surface area contributed by atoms with Crippen LogP contribution >= 0.6 is 41.5 Å². The second kappa shape index (κ2) is 7.11. The molecule has 0 atom stereocenters. The highest BCUT2D eigenvalue weighted by molar-refractivity contribution is 8.07. The van der Waals surface area contributed by atoms with Gasteiger partial charge < -0.3 is 13.6 Å². The molecule has 0 aliphatic carbocycles. The molecule has 3 nitrogen and oxygen atoms in total. The van der Waals surface area contributed by atoms with Gasteiger partial charge in [0.25, 0.3) is 0 Å². The minimum absolute atomic E-state index is 0.269. The molecule has 8 heteroatoms. The molecule has 0 saturated carbocycles. The maximum atomic E-state index is 6.05. The summed E-state index contributed by atoms with van der Waals surface area (Å²) in [5.74, 6) is 0.269. The first kappa shape index (κ1) is 16.3. The molecule has 0 unspecified atom stereocenters. The Morgan fingerprint density at radius 3 is 2.33 bits per heavy atom. The standard InChI is InChI=1S/C10H10Cl3O3PS/c1-14-17(18,15-2)16-10(6-11)8-4-3-7(12)5-9(8)13/h3-6H,1-2H3/b10-6-. The SMILES string of the molecule is COP(=S)(OC)O/C(=C\Cl)c1ccc(Cl)cc1Cl. The number of hydrogen-bond donors (Lipinski definition) is 0. The Morgan fingerprint density at radius 1 is 1.28 bits per heavy atom. The van der Waals surface area contributed by atoms with Crippen molar-refractivity contribution >= 4 is 59.1 Å². The molecule has 0 radical (unpaired) electrons. The van der Waals surface area contributed by atoms with E-state index in [1.165, 1.54) is 19.8 Å². The van der Waals surface area contributed by atoms with Crippen molar-refractivity contribution in [2.24, 2.45) is 0 Å². The van der Waals surface area contributed by atoms with Crippen molar-refractivity contribution in [1.29, 1.82) is 0 Å². The lowest BCUT2D eigenvalue weighted by Crippen LogP contribution is -1.95. The molecule has 0 heterocycles. The fourth-order valence-corrected chi connectivity index (χ4v) is 2.74. The van der Waals surface area contributed by atoms with E-state index in [2.05, 4.69) is 0 Å². The molecule has 0 spiro atoms. The zero-order valence-corrected chi connectivity index (χ0v) is 13.5. The normalized spacial score (nSPS) is 12.6.